The van der Waals surface area contributed by atoms with Gasteiger partial charge in [0.15, 0.2) is 0 Å². The summed E-state index contributed by atoms with van der Waals surface area (Å²) in [6, 6.07) is 21.0. The number of amides is 1. The fourth-order valence-corrected chi connectivity index (χ4v) is 5.99. The second-order valence-electron chi connectivity index (χ2n) is 7.64. The van der Waals surface area contributed by atoms with Gasteiger partial charge in [0.2, 0.25) is 5.91 Å². The Hall–Kier alpha value is -2.19. The lowest BCUT2D eigenvalue weighted by atomic mass is 10.2. The molecule has 0 aliphatic carbocycles. The molecule has 0 atom stereocenters. The number of carbonyl (C=O) groups is 1. The predicted molar refractivity (Wildman–Crippen MR) is 142 cm³/mol. The van der Waals surface area contributed by atoms with Gasteiger partial charge in [-0.1, -0.05) is 77.3 Å². The molecule has 3 aromatic carbocycles. The molecule has 3 aromatic rings. The zero-order valence-corrected chi connectivity index (χ0v) is 21.9. The van der Waals surface area contributed by atoms with Gasteiger partial charge in [0.05, 0.1) is 20.6 Å². The molecule has 0 aliphatic heterocycles. The maximum Gasteiger partial charge on any atom is 0.264 e. The van der Waals surface area contributed by atoms with E-state index in [0.29, 0.717) is 6.54 Å². The van der Waals surface area contributed by atoms with Crippen LogP contribution in [0.15, 0.2) is 77.7 Å². The molecule has 9 heteroatoms. The van der Waals surface area contributed by atoms with Gasteiger partial charge in [0.25, 0.3) is 10.0 Å². The summed E-state index contributed by atoms with van der Waals surface area (Å²) in [5.74, 6) is 1.37. The average molecular weight is 538 g/mol. The zero-order valence-electron chi connectivity index (χ0n) is 18.7. The van der Waals surface area contributed by atoms with Crippen molar-refractivity contribution in [2.45, 2.75) is 24.0 Å². The zero-order chi connectivity index (χ0) is 24.6. The van der Waals surface area contributed by atoms with Gasteiger partial charge in [-0.2, -0.15) is 11.8 Å². The normalized spacial score (nSPS) is 11.3. The minimum absolute atomic E-state index is 0.0614. The lowest BCUT2D eigenvalue weighted by molar-refractivity contribution is -0.119. The molecular formula is C25H26Cl2N2O3S2. The molecule has 0 aliphatic rings. The molecule has 1 amide bonds. The first kappa shape index (κ1) is 26.4. The van der Waals surface area contributed by atoms with Gasteiger partial charge in [-0.3, -0.25) is 9.10 Å². The molecule has 1 N–H and O–H groups in total. The first-order valence-corrected chi connectivity index (χ1v) is 14.1. The maximum atomic E-state index is 13.3. The van der Waals surface area contributed by atoms with Gasteiger partial charge < -0.3 is 5.32 Å². The van der Waals surface area contributed by atoms with E-state index in [2.05, 4.69) is 36.5 Å². The molecule has 0 bridgehead atoms. The van der Waals surface area contributed by atoms with Crippen LogP contribution in [-0.2, 0) is 20.6 Å². The summed E-state index contributed by atoms with van der Waals surface area (Å²) in [5.41, 5.74) is 2.65. The Bertz CT molecular complexity index is 1200. The van der Waals surface area contributed by atoms with Crippen molar-refractivity contribution in [2.24, 2.45) is 0 Å². The van der Waals surface area contributed by atoms with Crippen molar-refractivity contribution >= 4 is 56.6 Å². The van der Waals surface area contributed by atoms with Crippen LogP contribution in [0.25, 0.3) is 0 Å². The minimum atomic E-state index is -4.04. The van der Waals surface area contributed by atoms with E-state index in [-0.39, 0.29) is 20.6 Å². The lowest BCUT2D eigenvalue weighted by Crippen LogP contribution is -2.41. The van der Waals surface area contributed by atoms with Gasteiger partial charge in [-0.15, -0.1) is 0 Å². The Labute approximate surface area is 215 Å². The Morgan fingerprint density at radius 2 is 1.68 bits per heavy atom. The fraction of sp³-hybridized carbons (Fsp3) is 0.240. The molecule has 34 heavy (non-hydrogen) atoms. The highest BCUT2D eigenvalue weighted by Gasteiger charge is 2.29. The van der Waals surface area contributed by atoms with Crippen molar-refractivity contribution in [3.8, 4) is 0 Å². The van der Waals surface area contributed by atoms with E-state index in [0.717, 1.165) is 22.2 Å². The first-order chi connectivity index (χ1) is 16.3. The summed E-state index contributed by atoms with van der Waals surface area (Å²) in [4.78, 5) is 12.7. The molecule has 3 rings (SSSR count). The molecule has 180 valence electrons. The van der Waals surface area contributed by atoms with Crippen LogP contribution in [0.2, 0.25) is 10.0 Å². The Morgan fingerprint density at radius 3 is 2.38 bits per heavy atom. The number of thioether (sulfide) groups is 1. The third-order valence-electron chi connectivity index (χ3n) is 5.00. The van der Waals surface area contributed by atoms with Crippen LogP contribution in [0.5, 0.6) is 0 Å². The van der Waals surface area contributed by atoms with Gasteiger partial charge in [0.1, 0.15) is 6.54 Å². The second-order valence-corrected chi connectivity index (χ2v) is 11.4. The largest absolute Gasteiger partial charge is 0.354 e. The van der Waals surface area contributed by atoms with Crippen LogP contribution in [0.1, 0.15) is 17.5 Å². The number of hydrogen-bond donors (Lipinski definition) is 1. The fourth-order valence-electron chi connectivity index (χ4n) is 3.17. The van der Waals surface area contributed by atoms with Crippen LogP contribution in [0, 0.1) is 6.92 Å². The molecule has 0 unspecified atom stereocenters. The summed E-state index contributed by atoms with van der Waals surface area (Å²) in [6.45, 7) is 2.10. The molecular weight excluding hydrogens is 511 g/mol. The Morgan fingerprint density at radius 1 is 0.971 bits per heavy atom. The highest BCUT2D eigenvalue weighted by Crippen LogP contribution is 2.35. The number of sulfonamides is 1. The number of nitrogens with one attached hydrogen (secondary N) is 1. The summed E-state index contributed by atoms with van der Waals surface area (Å²) in [7, 11) is -4.04. The van der Waals surface area contributed by atoms with Crippen LogP contribution < -0.4 is 9.62 Å². The van der Waals surface area contributed by atoms with Crippen molar-refractivity contribution < 1.29 is 13.2 Å². The maximum absolute atomic E-state index is 13.3. The standard InChI is InChI=1S/C25H26Cl2N2O3S2/c1-19-11-13-20(14-12-19)18-33-16-6-15-28-24(30)17-29(23-10-5-9-22(26)25(23)27)34(31,32)21-7-3-2-4-8-21/h2-5,7-14H,6,15-18H2,1H3,(H,28,30). The van der Waals surface area contributed by atoms with Crippen molar-refractivity contribution in [2.75, 3.05) is 23.1 Å². The number of aryl methyl sites for hydroxylation is 1. The van der Waals surface area contributed by atoms with Crippen molar-refractivity contribution in [1.29, 1.82) is 0 Å². The van der Waals surface area contributed by atoms with Crippen LogP contribution in [0.3, 0.4) is 0 Å². The lowest BCUT2D eigenvalue weighted by Gasteiger charge is -2.25. The predicted octanol–water partition coefficient (Wildman–Crippen LogP) is 5.94. The summed E-state index contributed by atoms with van der Waals surface area (Å²) < 4.78 is 27.7. The van der Waals surface area contributed by atoms with Crippen molar-refractivity contribution in [3.63, 3.8) is 0 Å². The Kier molecular flexibility index (Phi) is 9.71. The summed E-state index contributed by atoms with van der Waals surface area (Å²) >= 11 is 14.2. The van der Waals surface area contributed by atoms with E-state index < -0.39 is 22.5 Å². The summed E-state index contributed by atoms with van der Waals surface area (Å²) in [5, 5.41) is 3.09. The number of nitrogens with zero attached hydrogens (tertiary/aromatic N) is 1. The molecule has 0 heterocycles. The molecule has 0 fully saturated rings. The third kappa shape index (κ3) is 7.15. The molecule has 0 radical (unpaired) electrons. The van der Waals surface area contributed by atoms with Crippen LogP contribution >= 0.6 is 35.0 Å². The quantitative estimate of drug-likeness (QED) is 0.308. The Balaban J connectivity index is 1.60. The van der Waals surface area contributed by atoms with E-state index in [1.807, 2.05) is 0 Å². The third-order valence-corrected chi connectivity index (χ3v) is 8.69. The first-order valence-electron chi connectivity index (χ1n) is 10.7. The van der Waals surface area contributed by atoms with E-state index >= 15 is 0 Å². The van der Waals surface area contributed by atoms with E-state index in [9.17, 15) is 13.2 Å². The number of hydrogen-bond acceptors (Lipinski definition) is 4. The smallest absolute Gasteiger partial charge is 0.264 e. The number of benzene rings is 3. The number of halogens is 2. The molecule has 0 aromatic heterocycles. The minimum Gasteiger partial charge on any atom is -0.354 e. The van der Waals surface area contributed by atoms with E-state index in [1.54, 1.807) is 42.1 Å². The molecule has 0 spiro atoms. The van der Waals surface area contributed by atoms with Gasteiger partial charge in [0, 0.05) is 12.3 Å². The molecule has 5 nitrogen and oxygen atoms in total. The average Bonchev–Trinajstić information content (AvgIpc) is 2.83. The molecule has 0 saturated carbocycles. The highest BCUT2D eigenvalue weighted by molar-refractivity contribution is 7.98. The monoisotopic (exact) mass is 536 g/mol. The number of carbonyl (C=O) groups excluding carboxylic acids is 1. The van der Waals surface area contributed by atoms with Crippen molar-refractivity contribution in [1.82, 2.24) is 5.32 Å². The van der Waals surface area contributed by atoms with Crippen LogP contribution in [0.4, 0.5) is 5.69 Å². The van der Waals surface area contributed by atoms with Crippen molar-refractivity contribution in [3.05, 3.63) is 94.0 Å². The van der Waals surface area contributed by atoms with Gasteiger partial charge in [-0.25, -0.2) is 8.42 Å². The van der Waals surface area contributed by atoms with E-state index in [4.69, 9.17) is 23.2 Å². The SMILES string of the molecule is Cc1ccc(CSCCCNC(=O)CN(c2cccc(Cl)c2Cl)S(=O)(=O)c2ccccc2)cc1. The van der Waals surface area contributed by atoms with Crippen LogP contribution in [-0.4, -0.2) is 33.2 Å². The van der Waals surface area contributed by atoms with E-state index in [1.165, 1.54) is 29.3 Å². The number of rotatable bonds is 11. The highest BCUT2D eigenvalue weighted by atomic mass is 35.5. The van der Waals surface area contributed by atoms with Gasteiger partial charge in [-0.05, 0) is 48.9 Å². The topological polar surface area (TPSA) is 66.5 Å². The second kappa shape index (κ2) is 12.5. The number of anilines is 1. The van der Waals surface area contributed by atoms with Gasteiger partial charge >= 0.3 is 0 Å². The summed E-state index contributed by atoms with van der Waals surface area (Å²) in [6.07, 6.45) is 0.769. The molecule has 0 saturated heterocycles.